The minimum absolute atomic E-state index is 0.339. The second-order valence-corrected chi connectivity index (χ2v) is 8.01. The molecule has 1 aliphatic heterocycles. The van der Waals surface area contributed by atoms with Crippen molar-refractivity contribution >= 4 is 5.69 Å². The van der Waals surface area contributed by atoms with Crippen LogP contribution < -0.4 is 20.1 Å². The first kappa shape index (κ1) is 19.1. The van der Waals surface area contributed by atoms with Crippen molar-refractivity contribution in [1.82, 2.24) is 10.3 Å². The maximum atomic E-state index is 6.30. The lowest BCUT2D eigenvalue weighted by Crippen LogP contribution is -2.38. The molecule has 0 bridgehead atoms. The fourth-order valence-corrected chi connectivity index (χ4v) is 4.40. The maximum Gasteiger partial charge on any atom is 0.161 e. The zero-order chi connectivity index (χ0) is 19.2. The molecule has 1 saturated carbocycles. The maximum absolute atomic E-state index is 6.30. The largest absolute Gasteiger partial charge is 0.493 e. The summed E-state index contributed by atoms with van der Waals surface area (Å²) in [6.45, 7) is 3.03. The van der Waals surface area contributed by atoms with Crippen molar-refractivity contribution in [2.75, 3.05) is 32.1 Å². The number of aromatic nitrogens is 1. The molecule has 2 aliphatic rings. The summed E-state index contributed by atoms with van der Waals surface area (Å²) in [5.41, 5.74) is 2.48. The van der Waals surface area contributed by atoms with Gasteiger partial charge in [-0.25, -0.2) is 0 Å². The first-order chi connectivity index (χ1) is 13.8. The number of piperidine rings is 1. The molecule has 0 unspecified atom stereocenters. The van der Waals surface area contributed by atoms with Crippen LogP contribution in [0, 0.1) is 5.92 Å². The van der Waals surface area contributed by atoms with Crippen molar-refractivity contribution in [1.29, 1.82) is 0 Å². The minimum Gasteiger partial charge on any atom is -0.493 e. The van der Waals surface area contributed by atoms with Gasteiger partial charge >= 0.3 is 0 Å². The molecule has 28 heavy (non-hydrogen) atoms. The number of benzene rings is 1. The molecule has 2 fully saturated rings. The Balaban J connectivity index is 1.40. The number of nitrogens with one attached hydrogen (secondary N) is 2. The van der Waals surface area contributed by atoms with E-state index < -0.39 is 0 Å². The molecule has 5 heteroatoms. The molecule has 5 nitrogen and oxygen atoms in total. The highest BCUT2D eigenvalue weighted by Gasteiger charge is 2.25. The zero-order valence-corrected chi connectivity index (χ0v) is 16.7. The summed E-state index contributed by atoms with van der Waals surface area (Å²) in [5, 5.41) is 7.16. The van der Waals surface area contributed by atoms with E-state index in [9.17, 15) is 0 Å². The Bertz CT molecular complexity index is 747. The Labute approximate surface area is 167 Å². The van der Waals surface area contributed by atoms with Gasteiger partial charge < -0.3 is 20.1 Å². The highest BCUT2D eigenvalue weighted by Crippen LogP contribution is 2.36. The Morgan fingerprint density at radius 3 is 2.68 bits per heavy atom. The Kier molecular flexibility index (Phi) is 6.32. The van der Waals surface area contributed by atoms with Crippen molar-refractivity contribution in [3.63, 3.8) is 0 Å². The number of hydrogen-bond acceptors (Lipinski definition) is 5. The predicted octanol–water partition coefficient (Wildman–Crippen LogP) is 4.22. The van der Waals surface area contributed by atoms with Crippen LogP contribution in [0.5, 0.6) is 11.5 Å². The summed E-state index contributed by atoms with van der Waals surface area (Å²) in [6, 6.07) is 10.5. The van der Waals surface area contributed by atoms with Gasteiger partial charge in [0, 0.05) is 31.2 Å². The van der Waals surface area contributed by atoms with Gasteiger partial charge in [0.1, 0.15) is 0 Å². The summed E-state index contributed by atoms with van der Waals surface area (Å²) in [4.78, 5) is 4.08. The summed E-state index contributed by atoms with van der Waals surface area (Å²) in [5.74, 6) is 2.84. The monoisotopic (exact) mass is 381 g/mol. The summed E-state index contributed by atoms with van der Waals surface area (Å²) in [6.07, 6.45) is 10.0. The van der Waals surface area contributed by atoms with Gasteiger partial charge in [0.15, 0.2) is 11.5 Å². The molecule has 2 heterocycles. The highest BCUT2D eigenvalue weighted by atomic mass is 16.5. The topological polar surface area (TPSA) is 55.4 Å². The van der Waals surface area contributed by atoms with E-state index in [1.807, 2.05) is 24.5 Å². The SMILES string of the molecule is COc1ccc([C@H]2CNC[C@@H](CNc3ccncc3)C2)cc1OC1CCCC1. The van der Waals surface area contributed by atoms with E-state index in [1.165, 1.54) is 24.8 Å². The van der Waals surface area contributed by atoms with E-state index in [2.05, 4.69) is 33.8 Å². The van der Waals surface area contributed by atoms with E-state index in [-0.39, 0.29) is 0 Å². The van der Waals surface area contributed by atoms with E-state index >= 15 is 0 Å². The van der Waals surface area contributed by atoms with Crippen LogP contribution in [0.15, 0.2) is 42.7 Å². The molecule has 0 amide bonds. The van der Waals surface area contributed by atoms with Gasteiger partial charge in [-0.05, 0) is 80.3 Å². The minimum atomic E-state index is 0.339. The first-order valence-electron chi connectivity index (χ1n) is 10.5. The van der Waals surface area contributed by atoms with Crippen molar-refractivity contribution in [3.8, 4) is 11.5 Å². The predicted molar refractivity (Wildman–Crippen MR) is 112 cm³/mol. The van der Waals surface area contributed by atoms with Gasteiger partial charge in [-0.1, -0.05) is 6.07 Å². The lowest BCUT2D eigenvalue weighted by atomic mass is 9.85. The lowest BCUT2D eigenvalue weighted by Gasteiger charge is -2.31. The van der Waals surface area contributed by atoms with Gasteiger partial charge in [-0.15, -0.1) is 0 Å². The van der Waals surface area contributed by atoms with Crippen molar-refractivity contribution in [2.24, 2.45) is 5.92 Å². The van der Waals surface area contributed by atoms with Crippen LogP contribution in [0.2, 0.25) is 0 Å². The van der Waals surface area contributed by atoms with Crippen LogP contribution in [0.25, 0.3) is 0 Å². The number of hydrogen-bond donors (Lipinski definition) is 2. The number of nitrogens with zero attached hydrogens (tertiary/aromatic N) is 1. The van der Waals surface area contributed by atoms with E-state index in [0.29, 0.717) is 17.9 Å². The number of methoxy groups -OCH3 is 1. The molecular weight excluding hydrogens is 350 g/mol. The molecule has 1 saturated heterocycles. The molecule has 2 atom stereocenters. The van der Waals surface area contributed by atoms with Crippen molar-refractivity contribution in [3.05, 3.63) is 48.3 Å². The molecule has 1 aromatic carbocycles. The van der Waals surface area contributed by atoms with Crippen LogP contribution in [0.3, 0.4) is 0 Å². The second kappa shape index (κ2) is 9.28. The average molecular weight is 382 g/mol. The molecule has 150 valence electrons. The quantitative estimate of drug-likeness (QED) is 0.752. The normalized spacial score (nSPS) is 22.8. The molecule has 2 N–H and O–H groups in total. The Hall–Kier alpha value is -2.27. The fraction of sp³-hybridized carbons (Fsp3) is 0.522. The Morgan fingerprint density at radius 2 is 1.89 bits per heavy atom. The van der Waals surface area contributed by atoms with E-state index in [4.69, 9.17) is 9.47 Å². The molecule has 1 aromatic heterocycles. The lowest BCUT2D eigenvalue weighted by molar-refractivity contribution is 0.200. The van der Waals surface area contributed by atoms with E-state index in [1.54, 1.807) is 7.11 Å². The van der Waals surface area contributed by atoms with Crippen LogP contribution in [0.1, 0.15) is 43.6 Å². The third-order valence-corrected chi connectivity index (χ3v) is 5.97. The molecule has 4 rings (SSSR count). The first-order valence-corrected chi connectivity index (χ1v) is 10.5. The van der Waals surface area contributed by atoms with Crippen molar-refractivity contribution < 1.29 is 9.47 Å². The van der Waals surface area contributed by atoms with Crippen LogP contribution in [0.4, 0.5) is 5.69 Å². The molecule has 1 aliphatic carbocycles. The van der Waals surface area contributed by atoms with Gasteiger partial charge in [-0.3, -0.25) is 4.98 Å². The second-order valence-electron chi connectivity index (χ2n) is 8.01. The average Bonchev–Trinajstić information content (AvgIpc) is 3.26. The van der Waals surface area contributed by atoms with Crippen LogP contribution >= 0.6 is 0 Å². The van der Waals surface area contributed by atoms with E-state index in [0.717, 1.165) is 49.7 Å². The Morgan fingerprint density at radius 1 is 1.07 bits per heavy atom. The highest BCUT2D eigenvalue weighted by molar-refractivity contribution is 5.44. The molecule has 0 spiro atoms. The third-order valence-electron chi connectivity index (χ3n) is 5.97. The van der Waals surface area contributed by atoms with Gasteiger partial charge in [0.2, 0.25) is 0 Å². The number of anilines is 1. The molecular formula is C23H31N3O2. The number of rotatable bonds is 7. The fourth-order valence-electron chi connectivity index (χ4n) is 4.40. The van der Waals surface area contributed by atoms with Crippen LogP contribution in [-0.2, 0) is 0 Å². The summed E-state index contributed by atoms with van der Waals surface area (Å²) < 4.78 is 11.8. The van der Waals surface area contributed by atoms with Crippen molar-refractivity contribution in [2.45, 2.75) is 44.1 Å². The summed E-state index contributed by atoms with van der Waals surface area (Å²) in [7, 11) is 1.72. The van der Waals surface area contributed by atoms with Gasteiger partial charge in [0.25, 0.3) is 0 Å². The standard InChI is InChI=1S/C23H31N3O2/c1-27-22-7-6-18(13-23(22)28-21-4-2-3-5-21)19-12-17(14-25-16-19)15-26-20-8-10-24-11-9-20/h6-11,13,17,19,21,25H,2-5,12,14-16H2,1H3,(H,24,26)/t17-,19+/m0/s1. The van der Waals surface area contributed by atoms with Gasteiger partial charge in [-0.2, -0.15) is 0 Å². The zero-order valence-electron chi connectivity index (χ0n) is 16.7. The van der Waals surface area contributed by atoms with Gasteiger partial charge in [0.05, 0.1) is 13.2 Å². The third kappa shape index (κ3) is 4.76. The summed E-state index contributed by atoms with van der Waals surface area (Å²) >= 11 is 0. The molecule has 0 radical (unpaired) electrons. The number of pyridine rings is 1. The molecule has 2 aromatic rings. The number of ether oxygens (including phenoxy) is 2. The van der Waals surface area contributed by atoms with Crippen LogP contribution in [-0.4, -0.2) is 37.8 Å². The smallest absolute Gasteiger partial charge is 0.161 e.